The van der Waals surface area contributed by atoms with Crippen LogP contribution in [0.3, 0.4) is 0 Å². The molecule has 39 heavy (non-hydrogen) atoms. The van der Waals surface area contributed by atoms with Crippen molar-refractivity contribution in [3.05, 3.63) is 57.0 Å². The van der Waals surface area contributed by atoms with E-state index in [4.69, 9.17) is 39.5 Å². The maximum Gasteiger partial charge on any atom is 0.242 e. The summed E-state index contributed by atoms with van der Waals surface area (Å²) in [6, 6.07) is 9.00. The lowest BCUT2D eigenvalue weighted by molar-refractivity contribution is -0.141. The van der Waals surface area contributed by atoms with Crippen LogP contribution in [0.25, 0.3) is 0 Å². The number of hydrogen-bond donors (Lipinski definition) is 1. The largest absolute Gasteiger partial charge is 0.495 e. The maximum absolute atomic E-state index is 13.6. The van der Waals surface area contributed by atoms with Crippen molar-refractivity contribution in [2.45, 2.75) is 58.5 Å². The summed E-state index contributed by atoms with van der Waals surface area (Å²) in [5, 5.41) is 3.95. The van der Waals surface area contributed by atoms with Crippen LogP contribution in [-0.2, 0) is 26.2 Å². The van der Waals surface area contributed by atoms with E-state index in [0.29, 0.717) is 40.0 Å². The van der Waals surface area contributed by atoms with Gasteiger partial charge in [-0.25, -0.2) is 8.42 Å². The zero-order valence-electron chi connectivity index (χ0n) is 22.7. The van der Waals surface area contributed by atoms with Crippen molar-refractivity contribution < 1.29 is 22.7 Å². The molecule has 2 aromatic rings. The number of carbonyl (C=O) groups excluding carboxylic acids is 2. The Hall–Kier alpha value is -2.20. The number of nitrogens with zero attached hydrogens (tertiary/aromatic N) is 2. The van der Waals surface area contributed by atoms with Gasteiger partial charge in [-0.05, 0) is 49.6 Å². The van der Waals surface area contributed by atoms with Gasteiger partial charge in [0.1, 0.15) is 11.8 Å². The highest BCUT2D eigenvalue weighted by Crippen LogP contribution is 2.31. The van der Waals surface area contributed by atoms with Crippen LogP contribution >= 0.6 is 34.8 Å². The van der Waals surface area contributed by atoms with Crippen LogP contribution < -0.4 is 14.4 Å². The lowest BCUT2D eigenvalue weighted by Crippen LogP contribution is -2.49. The Bertz CT molecular complexity index is 1220. The van der Waals surface area contributed by atoms with Crippen LogP contribution in [0.4, 0.5) is 5.69 Å². The Kier molecular flexibility index (Phi) is 13.2. The summed E-state index contributed by atoms with van der Waals surface area (Å²) in [7, 11) is -2.20. The number of nitrogens with one attached hydrogen (secondary N) is 1. The molecule has 216 valence electrons. The van der Waals surface area contributed by atoms with Gasteiger partial charge in [-0.3, -0.25) is 13.9 Å². The molecule has 12 heteroatoms. The number of unbranched alkanes of at least 4 members (excludes halogenated alkanes) is 1. The third kappa shape index (κ3) is 9.45. The molecule has 1 N–H and O–H groups in total. The van der Waals surface area contributed by atoms with Gasteiger partial charge in [0, 0.05) is 41.7 Å². The fourth-order valence-corrected chi connectivity index (χ4v) is 5.82. The van der Waals surface area contributed by atoms with Crippen molar-refractivity contribution >= 4 is 62.3 Å². The highest BCUT2D eigenvalue weighted by atomic mass is 35.5. The molecular weight excluding hydrogens is 585 g/mol. The summed E-state index contributed by atoms with van der Waals surface area (Å²) < 4.78 is 31.5. The van der Waals surface area contributed by atoms with Gasteiger partial charge in [-0.2, -0.15) is 0 Å². The predicted molar refractivity (Wildman–Crippen MR) is 158 cm³/mol. The number of benzene rings is 2. The first-order valence-corrected chi connectivity index (χ1v) is 15.7. The summed E-state index contributed by atoms with van der Waals surface area (Å²) in [5.41, 5.74) is 0.900. The second-order valence-corrected chi connectivity index (χ2v) is 12.2. The number of sulfonamides is 1. The minimum Gasteiger partial charge on any atom is -0.495 e. The number of anilines is 1. The average molecular weight is 621 g/mol. The van der Waals surface area contributed by atoms with Gasteiger partial charge < -0.3 is 15.0 Å². The van der Waals surface area contributed by atoms with E-state index in [-0.39, 0.29) is 42.8 Å². The second kappa shape index (κ2) is 15.6. The molecule has 0 spiro atoms. The van der Waals surface area contributed by atoms with Crippen molar-refractivity contribution in [3.8, 4) is 5.75 Å². The molecule has 0 aliphatic rings. The Labute approximate surface area is 246 Å². The second-order valence-electron chi connectivity index (χ2n) is 9.05. The van der Waals surface area contributed by atoms with Crippen molar-refractivity contribution in [1.29, 1.82) is 0 Å². The lowest BCUT2D eigenvalue weighted by Gasteiger charge is -2.31. The first kappa shape index (κ1) is 33.0. The van der Waals surface area contributed by atoms with E-state index >= 15 is 0 Å². The number of methoxy groups -OCH3 is 1. The van der Waals surface area contributed by atoms with Gasteiger partial charge in [0.2, 0.25) is 21.8 Å². The molecule has 0 aromatic heterocycles. The Morgan fingerprint density at radius 3 is 2.23 bits per heavy atom. The van der Waals surface area contributed by atoms with E-state index in [1.165, 1.54) is 22.4 Å². The molecule has 0 saturated heterocycles. The Balaban J connectivity index is 2.27. The van der Waals surface area contributed by atoms with E-state index in [2.05, 4.69) is 5.32 Å². The molecule has 2 aromatic carbocycles. The molecule has 0 aliphatic carbocycles. The van der Waals surface area contributed by atoms with Crippen LogP contribution in [0.2, 0.25) is 15.1 Å². The fraction of sp³-hybridized carbons (Fsp3) is 0.481. The smallest absolute Gasteiger partial charge is 0.242 e. The Morgan fingerprint density at radius 2 is 1.69 bits per heavy atom. The molecule has 0 unspecified atom stereocenters. The van der Waals surface area contributed by atoms with Gasteiger partial charge in [0.15, 0.2) is 0 Å². The van der Waals surface area contributed by atoms with Gasteiger partial charge in [0.05, 0.1) is 24.1 Å². The van der Waals surface area contributed by atoms with Crippen LogP contribution in [0.5, 0.6) is 5.75 Å². The molecule has 0 radical (unpaired) electrons. The number of hydrogen-bond acceptors (Lipinski definition) is 5. The summed E-state index contributed by atoms with van der Waals surface area (Å²) in [6.07, 6.45) is 3.42. The molecule has 0 fully saturated rings. The number of ether oxygens (including phenoxy) is 1. The Morgan fingerprint density at radius 1 is 1.03 bits per heavy atom. The minimum atomic E-state index is -3.67. The number of amides is 2. The van der Waals surface area contributed by atoms with Gasteiger partial charge in [-0.1, -0.05) is 61.1 Å². The zero-order chi connectivity index (χ0) is 29.2. The van der Waals surface area contributed by atoms with Crippen molar-refractivity contribution in [1.82, 2.24) is 10.2 Å². The van der Waals surface area contributed by atoms with Crippen molar-refractivity contribution in [3.63, 3.8) is 0 Å². The first-order chi connectivity index (χ1) is 18.4. The first-order valence-electron chi connectivity index (χ1n) is 12.8. The topological polar surface area (TPSA) is 96.0 Å². The van der Waals surface area contributed by atoms with Crippen LogP contribution in [0, 0.1) is 0 Å². The highest BCUT2D eigenvalue weighted by molar-refractivity contribution is 7.92. The monoisotopic (exact) mass is 619 g/mol. The van der Waals surface area contributed by atoms with E-state index < -0.39 is 16.1 Å². The normalized spacial score (nSPS) is 12.1. The van der Waals surface area contributed by atoms with Crippen molar-refractivity contribution in [2.75, 3.05) is 30.8 Å². The highest BCUT2D eigenvalue weighted by Gasteiger charge is 2.30. The molecule has 0 saturated carbocycles. The summed E-state index contributed by atoms with van der Waals surface area (Å²) >= 11 is 19.0. The quantitative estimate of drug-likeness (QED) is 0.249. The standard InChI is InChI=1S/C27H36Cl3N3O5S/c1-5-7-15-31-27(35)24(6-2)32(18-20-21(28)10-8-11-22(20)29)26(34)12-9-16-33(39(4,36)37)19-13-14-25(38-3)23(30)17-19/h8,10-11,13-14,17,24H,5-7,9,12,15-16,18H2,1-4H3,(H,31,35)/t24-/m1/s1. The third-order valence-corrected chi connectivity index (χ3v) is 8.38. The van der Waals surface area contributed by atoms with Gasteiger partial charge >= 0.3 is 0 Å². The minimum absolute atomic E-state index is 0.00326. The fourth-order valence-electron chi connectivity index (χ4n) is 4.09. The number of carbonyl (C=O) groups is 2. The molecule has 0 heterocycles. The molecule has 2 amide bonds. The number of rotatable bonds is 15. The van der Waals surface area contributed by atoms with E-state index in [9.17, 15) is 18.0 Å². The average Bonchev–Trinajstić information content (AvgIpc) is 2.87. The summed E-state index contributed by atoms with van der Waals surface area (Å²) in [6.45, 7) is 4.44. The molecule has 1 atom stereocenters. The predicted octanol–water partition coefficient (Wildman–Crippen LogP) is 5.93. The van der Waals surface area contributed by atoms with Crippen LogP contribution in [0.1, 0.15) is 51.5 Å². The van der Waals surface area contributed by atoms with E-state index in [1.54, 1.807) is 30.3 Å². The van der Waals surface area contributed by atoms with Crippen molar-refractivity contribution in [2.24, 2.45) is 0 Å². The molecule has 0 aliphatic heterocycles. The third-order valence-electron chi connectivity index (χ3n) is 6.18. The van der Waals surface area contributed by atoms with E-state index in [1.807, 2.05) is 13.8 Å². The lowest BCUT2D eigenvalue weighted by atomic mass is 10.1. The maximum atomic E-state index is 13.6. The molecule has 8 nitrogen and oxygen atoms in total. The van der Waals surface area contributed by atoms with Crippen LogP contribution in [-0.4, -0.2) is 57.6 Å². The van der Waals surface area contributed by atoms with Crippen LogP contribution in [0.15, 0.2) is 36.4 Å². The summed E-state index contributed by atoms with van der Waals surface area (Å²) in [5.74, 6) is -0.154. The zero-order valence-corrected chi connectivity index (χ0v) is 25.8. The van der Waals surface area contributed by atoms with Gasteiger partial charge in [-0.15, -0.1) is 0 Å². The summed E-state index contributed by atoms with van der Waals surface area (Å²) in [4.78, 5) is 28.1. The van der Waals surface area contributed by atoms with E-state index in [0.717, 1.165) is 19.1 Å². The number of halogens is 3. The molecule has 2 rings (SSSR count). The SMILES string of the molecule is CCCCNC(=O)[C@@H](CC)N(Cc1c(Cl)cccc1Cl)C(=O)CCCN(c1ccc(OC)c(Cl)c1)S(C)(=O)=O. The molecular formula is C27H36Cl3N3O5S. The van der Waals surface area contributed by atoms with Gasteiger partial charge in [0.25, 0.3) is 0 Å². The molecule has 0 bridgehead atoms.